The molecule has 0 aliphatic heterocycles. The molecule has 5 heteroatoms. The van der Waals surface area contributed by atoms with Gasteiger partial charge in [-0.25, -0.2) is 9.97 Å². The van der Waals surface area contributed by atoms with E-state index < -0.39 is 0 Å². The van der Waals surface area contributed by atoms with Gasteiger partial charge >= 0.3 is 0 Å². The van der Waals surface area contributed by atoms with Crippen molar-refractivity contribution in [3.05, 3.63) is 12.4 Å². The van der Waals surface area contributed by atoms with Crippen molar-refractivity contribution in [2.75, 3.05) is 18.4 Å². The van der Waals surface area contributed by atoms with Crippen molar-refractivity contribution >= 4 is 5.82 Å². The van der Waals surface area contributed by atoms with Gasteiger partial charge in [0.1, 0.15) is 12.1 Å². The highest BCUT2D eigenvalue weighted by Gasteiger charge is 2.30. The highest BCUT2D eigenvalue weighted by Crippen LogP contribution is 2.35. The van der Waals surface area contributed by atoms with Gasteiger partial charge in [0.25, 0.3) is 0 Å². The summed E-state index contributed by atoms with van der Waals surface area (Å²) in [5.41, 5.74) is 6.23. The molecular formula is C15H26N4O. The van der Waals surface area contributed by atoms with E-state index in [1.165, 1.54) is 38.4 Å². The minimum Gasteiger partial charge on any atom is -0.475 e. The Morgan fingerprint density at radius 2 is 2.05 bits per heavy atom. The Morgan fingerprint density at radius 3 is 2.70 bits per heavy atom. The molecule has 1 heterocycles. The van der Waals surface area contributed by atoms with Crippen LogP contribution >= 0.6 is 0 Å². The minimum atomic E-state index is 0.117. The summed E-state index contributed by atoms with van der Waals surface area (Å²) < 4.78 is 5.58. The maximum atomic E-state index is 6.00. The molecule has 0 spiro atoms. The van der Waals surface area contributed by atoms with Gasteiger partial charge in [0.05, 0.1) is 6.10 Å². The van der Waals surface area contributed by atoms with Crippen molar-refractivity contribution in [1.29, 1.82) is 0 Å². The lowest BCUT2D eigenvalue weighted by Crippen LogP contribution is -2.39. The molecule has 3 N–H and O–H groups in total. The van der Waals surface area contributed by atoms with E-state index in [4.69, 9.17) is 10.5 Å². The maximum absolute atomic E-state index is 6.00. The zero-order valence-corrected chi connectivity index (χ0v) is 12.6. The Bertz CT molecular complexity index is 416. The molecule has 1 fully saturated rings. The van der Waals surface area contributed by atoms with Crippen molar-refractivity contribution < 1.29 is 4.74 Å². The fourth-order valence-electron chi connectivity index (χ4n) is 2.77. The summed E-state index contributed by atoms with van der Waals surface area (Å²) in [6, 6.07) is 1.85. The monoisotopic (exact) mass is 278 g/mol. The average molecular weight is 278 g/mol. The van der Waals surface area contributed by atoms with Crippen LogP contribution < -0.4 is 15.8 Å². The molecule has 0 amide bonds. The van der Waals surface area contributed by atoms with Crippen LogP contribution in [0, 0.1) is 5.41 Å². The molecule has 0 bridgehead atoms. The van der Waals surface area contributed by atoms with E-state index in [1.807, 2.05) is 19.9 Å². The number of nitrogens with one attached hydrogen (secondary N) is 1. The van der Waals surface area contributed by atoms with Gasteiger partial charge in [-0.15, -0.1) is 0 Å². The third-order valence-corrected chi connectivity index (χ3v) is 3.99. The number of hydrogen-bond donors (Lipinski definition) is 2. The molecule has 20 heavy (non-hydrogen) atoms. The van der Waals surface area contributed by atoms with Crippen LogP contribution in [-0.2, 0) is 0 Å². The number of anilines is 1. The lowest BCUT2D eigenvalue weighted by molar-refractivity contribution is 0.215. The number of nitrogens with zero attached hydrogens (tertiary/aromatic N) is 2. The smallest absolute Gasteiger partial charge is 0.218 e. The van der Waals surface area contributed by atoms with E-state index in [9.17, 15) is 0 Å². The topological polar surface area (TPSA) is 73.1 Å². The molecule has 0 atom stereocenters. The molecule has 112 valence electrons. The van der Waals surface area contributed by atoms with Gasteiger partial charge in [-0.3, -0.25) is 0 Å². The van der Waals surface area contributed by atoms with E-state index in [0.717, 1.165) is 18.9 Å². The Hall–Kier alpha value is -1.36. The maximum Gasteiger partial charge on any atom is 0.218 e. The van der Waals surface area contributed by atoms with Crippen molar-refractivity contribution in [2.24, 2.45) is 11.1 Å². The summed E-state index contributed by atoms with van der Waals surface area (Å²) in [6.07, 6.45) is 7.96. The van der Waals surface area contributed by atoms with Gasteiger partial charge in [0.15, 0.2) is 0 Å². The van der Waals surface area contributed by atoms with Crippen molar-refractivity contribution in [3.63, 3.8) is 0 Å². The molecule has 0 unspecified atom stereocenters. The first-order chi connectivity index (χ1) is 9.63. The normalized spacial score (nSPS) is 18.0. The predicted molar refractivity (Wildman–Crippen MR) is 80.9 cm³/mol. The largest absolute Gasteiger partial charge is 0.475 e. The van der Waals surface area contributed by atoms with Crippen LogP contribution in [0.1, 0.15) is 46.0 Å². The quantitative estimate of drug-likeness (QED) is 0.836. The van der Waals surface area contributed by atoms with E-state index in [2.05, 4.69) is 15.3 Å². The standard InChI is InChI=1S/C15H26N4O/c1-12(2)20-14-8-13(18-11-19-14)17-10-15(9-16)6-4-3-5-7-15/h8,11-12H,3-7,9-10,16H2,1-2H3,(H,17,18,19). The zero-order valence-electron chi connectivity index (χ0n) is 12.6. The highest BCUT2D eigenvalue weighted by molar-refractivity contribution is 5.37. The second-order valence-corrected chi connectivity index (χ2v) is 6.03. The Labute approximate surface area is 121 Å². The molecule has 1 aliphatic rings. The lowest BCUT2D eigenvalue weighted by atomic mass is 9.74. The van der Waals surface area contributed by atoms with E-state index >= 15 is 0 Å². The molecular weight excluding hydrogens is 252 g/mol. The van der Waals surface area contributed by atoms with Crippen LogP contribution in [0.4, 0.5) is 5.82 Å². The number of rotatable bonds is 6. The van der Waals surface area contributed by atoms with Crippen LogP contribution in [0.2, 0.25) is 0 Å². The van der Waals surface area contributed by atoms with Crippen LogP contribution in [-0.4, -0.2) is 29.2 Å². The number of aromatic nitrogens is 2. The first kappa shape index (κ1) is 15.0. The molecule has 1 aromatic rings. The van der Waals surface area contributed by atoms with Crippen molar-refractivity contribution in [3.8, 4) is 5.88 Å². The molecule has 1 saturated carbocycles. The second kappa shape index (κ2) is 6.88. The van der Waals surface area contributed by atoms with Crippen molar-refractivity contribution in [2.45, 2.75) is 52.1 Å². The highest BCUT2D eigenvalue weighted by atomic mass is 16.5. The molecule has 1 aromatic heterocycles. The van der Waals surface area contributed by atoms with Gasteiger partial charge in [-0.2, -0.15) is 0 Å². The van der Waals surface area contributed by atoms with E-state index in [-0.39, 0.29) is 11.5 Å². The van der Waals surface area contributed by atoms with Crippen LogP contribution in [0.15, 0.2) is 12.4 Å². The van der Waals surface area contributed by atoms with Crippen LogP contribution in [0.3, 0.4) is 0 Å². The summed E-state index contributed by atoms with van der Waals surface area (Å²) in [4.78, 5) is 8.37. The average Bonchev–Trinajstić information content (AvgIpc) is 2.46. The Morgan fingerprint density at radius 1 is 1.30 bits per heavy atom. The number of nitrogens with two attached hydrogens (primary N) is 1. The van der Waals surface area contributed by atoms with Crippen LogP contribution in [0.5, 0.6) is 5.88 Å². The summed E-state index contributed by atoms with van der Waals surface area (Å²) in [7, 11) is 0. The zero-order chi connectivity index (χ0) is 14.4. The third kappa shape index (κ3) is 4.07. The van der Waals surface area contributed by atoms with Crippen molar-refractivity contribution in [1.82, 2.24) is 9.97 Å². The summed E-state index contributed by atoms with van der Waals surface area (Å²) in [5.74, 6) is 1.43. The van der Waals surface area contributed by atoms with Gasteiger partial charge in [0, 0.05) is 12.6 Å². The van der Waals surface area contributed by atoms with Gasteiger partial charge in [-0.05, 0) is 38.6 Å². The predicted octanol–water partition coefficient (Wildman–Crippen LogP) is 2.58. The minimum absolute atomic E-state index is 0.117. The first-order valence-electron chi connectivity index (χ1n) is 7.56. The third-order valence-electron chi connectivity index (χ3n) is 3.99. The molecule has 0 saturated heterocycles. The number of ether oxygens (including phenoxy) is 1. The Kier molecular flexibility index (Phi) is 5.17. The van der Waals surface area contributed by atoms with Gasteiger partial charge in [-0.1, -0.05) is 19.3 Å². The first-order valence-corrected chi connectivity index (χ1v) is 7.56. The lowest BCUT2D eigenvalue weighted by Gasteiger charge is -2.36. The molecule has 2 rings (SSSR count). The van der Waals surface area contributed by atoms with Crippen LogP contribution in [0.25, 0.3) is 0 Å². The summed E-state index contributed by atoms with van der Waals surface area (Å²) in [6.45, 7) is 5.59. The second-order valence-electron chi connectivity index (χ2n) is 6.03. The number of hydrogen-bond acceptors (Lipinski definition) is 5. The fourth-order valence-corrected chi connectivity index (χ4v) is 2.77. The van der Waals surface area contributed by atoms with Gasteiger partial charge in [0.2, 0.25) is 5.88 Å². The molecule has 5 nitrogen and oxygen atoms in total. The van der Waals surface area contributed by atoms with E-state index in [1.54, 1.807) is 0 Å². The summed E-state index contributed by atoms with van der Waals surface area (Å²) in [5, 5.41) is 3.41. The molecule has 1 aliphatic carbocycles. The van der Waals surface area contributed by atoms with E-state index in [0.29, 0.717) is 5.88 Å². The Balaban J connectivity index is 1.95. The fraction of sp³-hybridized carbons (Fsp3) is 0.733. The molecule has 0 radical (unpaired) electrons. The summed E-state index contributed by atoms with van der Waals surface area (Å²) >= 11 is 0. The SMILES string of the molecule is CC(C)Oc1cc(NCC2(CN)CCCCC2)ncn1. The van der Waals surface area contributed by atoms with Gasteiger partial charge < -0.3 is 15.8 Å². The molecule has 0 aromatic carbocycles.